The first-order valence-corrected chi connectivity index (χ1v) is 3.79. The van der Waals surface area contributed by atoms with E-state index in [-0.39, 0.29) is 5.97 Å². The largest absolute Gasteiger partial charge is 0.463 e. The van der Waals surface area contributed by atoms with E-state index in [0.29, 0.717) is 6.61 Å². The van der Waals surface area contributed by atoms with E-state index in [1.54, 1.807) is 14.0 Å². The fraction of sp³-hybridized carbons (Fsp3) is 0.625. The van der Waals surface area contributed by atoms with Gasteiger partial charge in [-0.1, -0.05) is 6.92 Å². The van der Waals surface area contributed by atoms with Crippen LogP contribution in [0, 0.1) is 0 Å². The molecule has 0 saturated carbocycles. The van der Waals surface area contributed by atoms with Crippen molar-refractivity contribution in [2.75, 3.05) is 13.7 Å². The van der Waals surface area contributed by atoms with E-state index in [1.165, 1.54) is 6.08 Å². The smallest absolute Gasteiger partial charge is 0.332 e. The lowest BCUT2D eigenvalue weighted by Crippen LogP contribution is -2.09. The van der Waals surface area contributed by atoms with Gasteiger partial charge in [0.15, 0.2) is 0 Å². The molecule has 0 aliphatic carbocycles. The van der Waals surface area contributed by atoms with Crippen molar-refractivity contribution in [1.82, 2.24) is 5.32 Å². The minimum absolute atomic E-state index is 0.279. The van der Waals surface area contributed by atoms with E-state index in [0.717, 1.165) is 12.1 Å². The van der Waals surface area contributed by atoms with Gasteiger partial charge >= 0.3 is 5.97 Å². The van der Waals surface area contributed by atoms with E-state index in [9.17, 15) is 4.79 Å². The van der Waals surface area contributed by atoms with Crippen LogP contribution in [0.25, 0.3) is 0 Å². The van der Waals surface area contributed by atoms with Gasteiger partial charge < -0.3 is 10.1 Å². The lowest BCUT2D eigenvalue weighted by Gasteiger charge is -2.02. The zero-order valence-corrected chi connectivity index (χ0v) is 7.31. The predicted octanol–water partition coefficient (Wildman–Crippen LogP) is 1.06. The summed E-state index contributed by atoms with van der Waals surface area (Å²) < 4.78 is 4.72. The molecule has 0 aromatic heterocycles. The van der Waals surface area contributed by atoms with Crippen LogP contribution in [-0.2, 0) is 9.53 Å². The Hall–Kier alpha value is -0.990. The van der Waals surface area contributed by atoms with Crippen molar-refractivity contribution in [3.8, 4) is 0 Å². The zero-order chi connectivity index (χ0) is 8.69. The van der Waals surface area contributed by atoms with Crippen LogP contribution in [0.2, 0.25) is 0 Å². The summed E-state index contributed by atoms with van der Waals surface area (Å²) in [7, 11) is 1.79. The maximum Gasteiger partial charge on any atom is 0.332 e. The summed E-state index contributed by atoms with van der Waals surface area (Å²) >= 11 is 0. The van der Waals surface area contributed by atoms with E-state index >= 15 is 0 Å². The Morgan fingerprint density at radius 2 is 2.18 bits per heavy atom. The molecule has 0 aliphatic rings. The summed E-state index contributed by atoms with van der Waals surface area (Å²) in [5.74, 6) is -0.279. The van der Waals surface area contributed by atoms with Crippen LogP contribution in [0.3, 0.4) is 0 Å². The molecule has 1 N–H and O–H groups in total. The molecule has 0 bridgehead atoms. The fourth-order valence-electron chi connectivity index (χ4n) is 0.677. The highest BCUT2D eigenvalue weighted by Crippen LogP contribution is 1.94. The summed E-state index contributed by atoms with van der Waals surface area (Å²) in [4.78, 5) is 10.8. The Bertz CT molecular complexity index is 146. The second-order valence-corrected chi connectivity index (χ2v) is 2.03. The number of hydrogen-bond donors (Lipinski definition) is 1. The predicted molar refractivity (Wildman–Crippen MR) is 44.1 cm³/mol. The average molecular weight is 157 g/mol. The third-order valence-electron chi connectivity index (χ3n) is 1.28. The summed E-state index contributed by atoms with van der Waals surface area (Å²) in [6.45, 7) is 4.19. The maximum atomic E-state index is 10.8. The van der Waals surface area contributed by atoms with E-state index < -0.39 is 0 Å². The molecule has 0 spiro atoms. The van der Waals surface area contributed by atoms with Crippen LogP contribution < -0.4 is 5.32 Å². The molecule has 11 heavy (non-hydrogen) atoms. The lowest BCUT2D eigenvalue weighted by atomic mass is 10.3. The molecule has 0 radical (unpaired) electrons. The van der Waals surface area contributed by atoms with Gasteiger partial charge in [0.05, 0.1) is 6.61 Å². The summed E-state index contributed by atoms with van der Waals surface area (Å²) in [6, 6.07) is 0. The molecule has 0 aromatic carbocycles. The summed E-state index contributed by atoms with van der Waals surface area (Å²) in [6.07, 6.45) is 2.29. The molecule has 64 valence electrons. The average Bonchev–Trinajstić information content (AvgIpc) is 2.01. The minimum atomic E-state index is -0.279. The van der Waals surface area contributed by atoms with Crippen molar-refractivity contribution in [3.63, 3.8) is 0 Å². The highest BCUT2D eigenvalue weighted by atomic mass is 16.5. The van der Waals surface area contributed by atoms with Crippen molar-refractivity contribution >= 4 is 5.97 Å². The Labute approximate surface area is 67.4 Å². The number of nitrogens with one attached hydrogen (secondary N) is 1. The van der Waals surface area contributed by atoms with Crippen molar-refractivity contribution in [1.29, 1.82) is 0 Å². The molecule has 0 aliphatic heterocycles. The van der Waals surface area contributed by atoms with Gasteiger partial charge in [0.25, 0.3) is 0 Å². The number of allylic oxidation sites excluding steroid dienone is 1. The van der Waals surface area contributed by atoms with E-state index in [4.69, 9.17) is 4.74 Å². The van der Waals surface area contributed by atoms with Gasteiger partial charge in [0.2, 0.25) is 0 Å². The molecule has 0 heterocycles. The quantitative estimate of drug-likeness (QED) is 0.490. The van der Waals surface area contributed by atoms with Crippen LogP contribution >= 0.6 is 0 Å². The molecule has 0 amide bonds. The summed E-state index contributed by atoms with van der Waals surface area (Å²) in [5.41, 5.74) is 0.892. The standard InChI is InChI=1S/C8H15NO2/c1-4-7(9-3)6-8(10)11-5-2/h6,9H,4-5H2,1-3H3/b7-6+. The second kappa shape index (κ2) is 5.77. The number of carbonyl (C=O) groups is 1. The maximum absolute atomic E-state index is 10.8. The lowest BCUT2D eigenvalue weighted by molar-refractivity contribution is -0.137. The molecule has 0 rings (SSSR count). The van der Waals surface area contributed by atoms with Crippen LogP contribution in [0.4, 0.5) is 0 Å². The Kier molecular flexibility index (Phi) is 5.25. The number of rotatable bonds is 4. The number of carbonyl (C=O) groups excluding carboxylic acids is 1. The highest BCUT2D eigenvalue weighted by molar-refractivity contribution is 5.82. The molecule has 0 atom stereocenters. The Balaban J connectivity index is 3.93. The van der Waals surface area contributed by atoms with Crippen molar-refractivity contribution in [2.45, 2.75) is 20.3 Å². The molecular weight excluding hydrogens is 142 g/mol. The molecule has 3 heteroatoms. The normalized spacial score (nSPS) is 11.0. The van der Waals surface area contributed by atoms with Gasteiger partial charge in [-0.2, -0.15) is 0 Å². The third-order valence-corrected chi connectivity index (χ3v) is 1.28. The zero-order valence-electron chi connectivity index (χ0n) is 7.31. The van der Waals surface area contributed by atoms with Crippen molar-refractivity contribution < 1.29 is 9.53 Å². The van der Waals surface area contributed by atoms with Crippen molar-refractivity contribution in [3.05, 3.63) is 11.8 Å². The van der Waals surface area contributed by atoms with Crippen LogP contribution in [0.1, 0.15) is 20.3 Å². The van der Waals surface area contributed by atoms with Gasteiger partial charge in [-0.25, -0.2) is 4.79 Å². The number of ether oxygens (including phenoxy) is 1. The van der Waals surface area contributed by atoms with Gasteiger partial charge in [-0.3, -0.25) is 0 Å². The van der Waals surface area contributed by atoms with Crippen LogP contribution in [0.5, 0.6) is 0 Å². The van der Waals surface area contributed by atoms with E-state index in [2.05, 4.69) is 5.32 Å². The Morgan fingerprint density at radius 3 is 2.55 bits per heavy atom. The first-order valence-electron chi connectivity index (χ1n) is 3.79. The molecule has 0 aromatic rings. The number of esters is 1. The van der Waals surface area contributed by atoms with Crippen LogP contribution in [-0.4, -0.2) is 19.6 Å². The van der Waals surface area contributed by atoms with E-state index in [1.807, 2.05) is 6.92 Å². The van der Waals surface area contributed by atoms with Gasteiger partial charge in [-0.15, -0.1) is 0 Å². The third kappa shape index (κ3) is 4.42. The number of hydrogen-bond acceptors (Lipinski definition) is 3. The highest BCUT2D eigenvalue weighted by Gasteiger charge is 1.97. The first-order chi connectivity index (χ1) is 5.24. The second-order valence-electron chi connectivity index (χ2n) is 2.03. The fourth-order valence-corrected chi connectivity index (χ4v) is 0.677. The Morgan fingerprint density at radius 1 is 1.55 bits per heavy atom. The molecule has 0 saturated heterocycles. The molecule has 0 fully saturated rings. The minimum Gasteiger partial charge on any atom is -0.463 e. The SMILES string of the molecule is CCOC(=O)/C=C(\CC)NC. The molecule has 0 unspecified atom stereocenters. The summed E-state index contributed by atoms with van der Waals surface area (Å²) in [5, 5.41) is 2.90. The van der Waals surface area contributed by atoms with Gasteiger partial charge in [0, 0.05) is 18.8 Å². The van der Waals surface area contributed by atoms with Crippen molar-refractivity contribution in [2.24, 2.45) is 0 Å². The molecule has 3 nitrogen and oxygen atoms in total. The topological polar surface area (TPSA) is 38.3 Å². The first kappa shape index (κ1) is 10.0. The van der Waals surface area contributed by atoms with Gasteiger partial charge in [0.1, 0.15) is 0 Å². The monoisotopic (exact) mass is 157 g/mol. The molecular formula is C8H15NO2. The van der Waals surface area contributed by atoms with Gasteiger partial charge in [-0.05, 0) is 13.3 Å². The van der Waals surface area contributed by atoms with Crippen LogP contribution in [0.15, 0.2) is 11.8 Å².